The van der Waals surface area contributed by atoms with Crippen molar-refractivity contribution in [2.24, 2.45) is 0 Å². The van der Waals surface area contributed by atoms with Crippen LogP contribution in [-0.4, -0.2) is 21.1 Å². The van der Waals surface area contributed by atoms with Crippen LogP contribution in [0.15, 0.2) is 66.7 Å². The van der Waals surface area contributed by atoms with Gasteiger partial charge in [0.25, 0.3) is 11.8 Å². The highest BCUT2D eigenvalue weighted by molar-refractivity contribution is 7.18. The average Bonchev–Trinajstić information content (AvgIpc) is 3.62. The zero-order valence-electron chi connectivity index (χ0n) is 18.5. The van der Waals surface area contributed by atoms with Gasteiger partial charge >= 0.3 is 6.18 Å². The molecule has 10 heteroatoms. The molecule has 0 radical (unpaired) electrons. The van der Waals surface area contributed by atoms with Crippen molar-refractivity contribution in [3.8, 4) is 11.6 Å². The number of carbonyl (C=O) groups excluding carboxylic acids is 1. The van der Waals surface area contributed by atoms with Crippen molar-refractivity contribution in [3.63, 3.8) is 0 Å². The van der Waals surface area contributed by atoms with Gasteiger partial charge in [-0.1, -0.05) is 30.3 Å². The second kappa shape index (κ2) is 8.56. The summed E-state index contributed by atoms with van der Waals surface area (Å²) in [5.74, 6) is -0.364. The molecule has 1 amide bonds. The number of rotatable bonds is 5. The minimum Gasteiger partial charge on any atom is -0.437 e. The molecule has 0 unspecified atom stereocenters. The third-order valence-corrected chi connectivity index (χ3v) is 7.03. The maximum Gasteiger partial charge on any atom is 0.416 e. The van der Waals surface area contributed by atoms with E-state index in [0.29, 0.717) is 28.0 Å². The highest BCUT2D eigenvalue weighted by Crippen LogP contribution is 2.44. The van der Waals surface area contributed by atoms with Crippen LogP contribution in [-0.2, 0) is 6.18 Å². The van der Waals surface area contributed by atoms with Crippen molar-refractivity contribution in [2.45, 2.75) is 24.9 Å². The zero-order valence-corrected chi connectivity index (χ0v) is 19.4. The Morgan fingerprint density at radius 2 is 1.81 bits per heavy atom. The molecule has 2 heterocycles. The van der Waals surface area contributed by atoms with Gasteiger partial charge in [-0.2, -0.15) is 13.2 Å². The van der Waals surface area contributed by atoms with E-state index in [2.05, 4.69) is 15.5 Å². The topological polar surface area (TPSA) is 77.0 Å². The van der Waals surface area contributed by atoms with E-state index in [1.807, 2.05) is 12.1 Å². The van der Waals surface area contributed by atoms with Gasteiger partial charge in [-0.3, -0.25) is 4.79 Å². The molecular formula is C26H17F3N4O2S. The number of hydrogen-bond donors (Lipinski definition) is 1. The van der Waals surface area contributed by atoms with Gasteiger partial charge in [0, 0.05) is 11.3 Å². The normalized spacial score (nSPS) is 13.8. The fourth-order valence-corrected chi connectivity index (χ4v) is 5.09. The standard InChI is InChI=1S/C26H17F3N4O2S/c27-26(28,29)15-5-3-6-16(13-15)35-24-21(17-7-1-2-8-18(17)32-33-24)23(34)30-19-9-4-10-20-22(19)31-25(36-20)14-11-12-14/h1-10,13-14H,11-12H2,(H,30,34). The highest BCUT2D eigenvalue weighted by Gasteiger charge is 2.31. The number of nitrogens with zero attached hydrogens (tertiary/aromatic N) is 3. The Balaban J connectivity index is 1.40. The van der Waals surface area contributed by atoms with E-state index in [4.69, 9.17) is 9.72 Å². The van der Waals surface area contributed by atoms with Crippen LogP contribution in [0.1, 0.15) is 39.7 Å². The molecule has 1 saturated carbocycles. The lowest BCUT2D eigenvalue weighted by atomic mass is 10.1. The summed E-state index contributed by atoms with van der Waals surface area (Å²) < 4.78 is 46.2. The van der Waals surface area contributed by atoms with Crippen molar-refractivity contribution >= 4 is 44.1 Å². The van der Waals surface area contributed by atoms with Crippen molar-refractivity contribution < 1.29 is 22.7 Å². The minimum atomic E-state index is -4.54. The Kier molecular flexibility index (Phi) is 5.33. The predicted molar refractivity (Wildman–Crippen MR) is 131 cm³/mol. The van der Waals surface area contributed by atoms with Crippen LogP contribution in [0, 0.1) is 0 Å². The van der Waals surface area contributed by atoms with Crippen molar-refractivity contribution in [1.29, 1.82) is 0 Å². The maximum absolute atomic E-state index is 13.6. The number of fused-ring (bicyclic) bond motifs is 2. The second-order valence-corrected chi connectivity index (χ2v) is 9.52. The Labute approximate surface area is 206 Å². The number of amides is 1. The fraction of sp³-hybridized carbons (Fsp3) is 0.154. The van der Waals surface area contributed by atoms with Gasteiger partial charge < -0.3 is 10.1 Å². The van der Waals surface area contributed by atoms with Crippen LogP contribution in [0.4, 0.5) is 18.9 Å². The first kappa shape index (κ1) is 22.4. The molecule has 180 valence electrons. The van der Waals surface area contributed by atoms with Gasteiger partial charge in [0.15, 0.2) is 0 Å². The average molecular weight is 507 g/mol. The third kappa shape index (κ3) is 4.24. The highest BCUT2D eigenvalue weighted by atomic mass is 32.1. The number of aromatic nitrogens is 3. The second-order valence-electron chi connectivity index (χ2n) is 8.46. The fourth-order valence-electron chi connectivity index (χ4n) is 3.93. The monoisotopic (exact) mass is 506 g/mol. The largest absolute Gasteiger partial charge is 0.437 e. The Morgan fingerprint density at radius 3 is 2.61 bits per heavy atom. The maximum atomic E-state index is 13.6. The smallest absolute Gasteiger partial charge is 0.416 e. The molecule has 2 aromatic heterocycles. The summed E-state index contributed by atoms with van der Waals surface area (Å²) in [7, 11) is 0. The van der Waals surface area contributed by atoms with Crippen LogP contribution >= 0.6 is 11.3 Å². The number of para-hydroxylation sites is 1. The molecule has 5 aromatic rings. The summed E-state index contributed by atoms with van der Waals surface area (Å²) in [5.41, 5.74) is 0.868. The molecule has 1 aliphatic carbocycles. The number of benzene rings is 3. The van der Waals surface area contributed by atoms with Crippen LogP contribution in [0.3, 0.4) is 0 Å². The number of alkyl halides is 3. The number of carbonyl (C=O) groups is 1. The van der Waals surface area contributed by atoms with Crippen molar-refractivity contribution in [1.82, 2.24) is 15.2 Å². The van der Waals surface area contributed by atoms with Gasteiger partial charge in [-0.15, -0.1) is 21.5 Å². The molecule has 0 atom stereocenters. The molecule has 36 heavy (non-hydrogen) atoms. The Hall–Kier alpha value is -4.05. The summed E-state index contributed by atoms with van der Waals surface area (Å²) in [6.07, 6.45) is -2.31. The molecular weight excluding hydrogens is 489 g/mol. The quantitative estimate of drug-likeness (QED) is 0.273. The summed E-state index contributed by atoms with van der Waals surface area (Å²) in [5, 5.41) is 12.5. The van der Waals surface area contributed by atoms with E-state index in [1.54, 1.807) is 41.7 Å². The van der Waals surface area contributed by atoms with Gasteiger partial charge in [-0.05, 0) is 49.2 Å². The lowest BCUT2D eigenvalue weighted by molar-refractivity contribution is -0.137. The first-order valence-corrected chi connectivity index (χ1v) is 12.0. The molecule has 0 spiro atoms. The molecule has 0 aliphatic heterocycles. The number of nitrogens with one attached hydrogen (secondary N) is 1. The first-order chi connectivity index (χ1) is 17.4. The van der Waals surface area contributed by atoms with Gasteiger partial charge in [0.05, 0.1) is 26.5 Å². The lowest BCUT2D eigenvalue weighted by Gasteiger charge is -2.14. The van der Waals surface area contributed by atoms with Gasteiger partial charge in [-0.25, -0.2) is 4.98 Å². The van der Waals surface area contributed by atoms with E-state index in [-0.39, 0.29) is 17.2 Å². The zero-order chi connectivity index (χ0) is 24.9. The van der Waals surface area contributed by atoms with Crippen LogP contribution < -0.4 is 10.1 Å². The molecule has 0 bridgehead atoms. The Bertz CT molecular complexity index is 1630. The van der Waals surface area contributed by atoms with Gasteiger partial charge in [0.2, 0.25) is 0 Å². The van der Waals surface area contributed by atoms with E-state index in [1.165, 1.54) is 12.1 Å². The van der Waals surface area contributed by atoms with E-state index in [0.717, 1.165) is 34.7 Å². The molecule has 1 aliphatic rings. The predicted octanol–water partition coefficient (Wildman–Crippen LogP) is 7.18. The molecule has 1 N–H and O–H groups in total. The first-order valence-electron chi connectivity index (χ1n) is 11.2. The molecule has 1 fully saturated rings. The number of ether oxygens (including phenoxy) is 1. The van der Waals surface area contributed by atoms with E-state index >= 15 is 0 Å². The van der Waals surface area contributed by atoms with Gasteiger partial charge in [0.1, 0.15) is 16.8 Å². The number of thiazole rings is 1. The van der Waals surface area contributed by atoms with Crippen molar-refractivity contribution in [2.75, 3.05) is 5.32 Å². The van der Waals surface area contributed by atoms with Crippen molar-refractivity contribution in [3.05, 3.63) is 82.9 Å². The van der Waals surface area contributed by atoms with E-state index < -0.39 is 17.6 Å². The molecule has 6 nitrogen and oxygen atoms in total. The van der Waals surface area contributed by atoms with Crippen LogP contribution in [0.5, 0.6) is 11.6 Å². The van der Waals surface area contributed by atoms with Crippen LogP contribution in [0.2, 0.25) is 0 Å². The lowest BCUT2D eigenvalue weighted by Crippen LogP contribution is -2.15. The number of anilines is 1. The number of halogens is 3. The molecule has 0 saturated heterocycles. The van der Waals surface area contributed by atoms with E-state index in [9.17, 15) is 18.0 Å². The Morgan fingerprint density at radius 1 is 1.00 bits per heavy atom. The number of hydrogen-bond acceptors (Lipinski definition) is 6. The molecule has 6 rings (SSSR count). The SMILES string of the molecule is O=C(Nc1cccc2sc(C3CC3)nc12)c1c(Oc2cccc(C(F)(F)F)c2)nnc2ccccc12. The van der Waals surface area contributed by atoms with Crippen LogP contribution in [0.25, 0.3) is 21.1 Å². The summed E-state index contributed by atoms with van der Waals surface area (Å²) in [6, 6.07) is 16.8. The summed E-state index contributed by atoms with van der Waals surface area (Å²) >= 11 is 1.61. The summed E-state index contributed by atoms with van der Waals surface area (Å²) in [4.78, 5) is 18.3. The summed E-state index contributed by atoms with van der Waals surface area (Å²) in [6.45, 7) is 0. The minimum absolute atomic E-state index is 0.0626. The third-order valence-electron chi connectivity index (χ3n) is 5.85. The molecule has 3 aromatic carbocycles.